The molecule has 0 aliphatic heterocycles. The highest BCUT2D eigenvalue weighted by Crippen LogP contribution is 2.14. The summed E-state index contributed by atoms with van der Waals surface area (Å²) < 4.78 is 0. The summed E-state index contributed by atoms with van der Waals surface area (Å²) in [5.74, 6) is -3.76. The van der Waals surface area contributed by atoms with E-state index in [0.717, 1.165) is 0 Å². The van der Waals surface area contributed by atoms with Crippen molar-refractivity contribution in [1.82, 2.24) is 0 Å². The first-order valence-corrected chi connectivity index (χ1v) is 3.59. The summed E-state index contributed by atoms with van der Waals surface area (Å²) in [5.41, 5.74) is 5.18. The van der Waals surface area contributed by atoms with Crippen molar-refractivity contribution in [2.75, 3.05) is 0 Å². The predicted molar refractivity (Wildman–Crippen MR) is 41.6 cm³/mol. The number of rotatable bonds is 4. The molecule has 0 spiro atoms. The molecule has 5 heteroatoms. The maximum absolute atomic E-state index is 10.5. The fourth-order valence-electron chi connectivity index (χ4n) is 1.01. The van der Waals surface area contributed by atoms with Crippen LogP contribution in [0, 0.1) is 11.8 Å². The minimum Gasteiger partial charge on any atom is -0.481 e. The second kappa shape index (κ2) is 4.06. The van der Waals surface area contributed by atoms with Crippen LogP contribution in [0.2, 0.25) is 0 Å². The Labute approximate surface area is 70.2 Å². The molecule has 0 rings (SSSR count). The third-order valence-electron chi connectivity index (χ3n) is 1.68. The zero-order chi connectivity index (χ0) is 9.89. The van der Waals surface area contributed by atoms with Crippen LogP contribution in [0.1, 0.15) is 13.8 Å². The molecule has 12 heavy (non-hydrogen) atoms. The molecule has 0 heterocycles. The lowest BCUT2D eigenvalue weighted by Gasteiger charge is -2.19. The molecule has 0 aromatic heterocycles. The lowest BCUT2D eigenvalue weighted by atomic mass is 9.89. The van der Waals surface area contributed by atoms with Gasteiger partial charge in [0.05, 0.1) is 5.92 Å². The first-order chi connectivity index (χ1) is 5.37. The van der Waals surface area contributed by atoms with Crippen molar-refractivity contribution in [3.05, 3.63) is 0 Å². The molecule has 0 fully saturated rings. The van der Waals surface area contributed by atoms with E-state index >= 15 is 0 Å². The molecule has 0 radical (unpaired) electrons. The summed E-state index contributed by atoms with van der Waals surface area (Å²) >= 11 is 0. The third kappa shape index (κ3) is 2.50. The van der Waals surface area contributed by atoms with E-state index in [2.05, 4.69) is 0 Å². The van der Waals surface area contributed by atoms with Crippen LogP contribution in [0.15, 0.2) is 0 Å². The van der Waals surface area contributed by atoms with Gasteiger partial charge >= 0.3 is 11.9 Å². The molecule has 2 atom stereocenters. The Hall–Kier alpha value is -1.10. The molecule has 5 nitrogen and oxygen atoms in total. The van der Waals surface area contributed by atoms with Crippen LogP contribution in [0.25, 0.3) is 0 Å². The highest BCUT2D eigenvalue weighted by Gasteiger charge is 2.32. The molecule has 0 saturated carbocycles. The number of carboxylic acids is 2. The number of carbonyl (C=O) groups is 2. The van der Waals surface area contributed by atoms with Crippen molar-refractivity contribution < 1.29 is 19.8 Å². The van der Waals surface area contributed by atoms with Crippen LogP contribution >= 0.6 is 0 Å². The molecule has 0 aromatic rings. The van der Waals surface area contributed by atoms with E-state index in [1.807, 2.05) is 0 Å². The fraction of sp³-hybridized carbons (Fsp3) is 0.714. The molecular weight excluding hydrogens is 162 g/mol. The number of hydrogen-bond acceptors (Lipinski definition) is 3. The molecule has 0 saturated heterocycles. The molecule has 0 amide bonds. The van der Waals surface area contributed by atoms with E-state index in [1.54, 1.807) is 13.8 Å². The first-order valence-electron chi connectivity index (χ1n) is 3.59. The lowest BCUT2D eigenvalue weighted by Crippen LogP contribution is -2.44. The standard InChI is InChI=1S/C7H13NO4/c1-3(2)4(6(9)10)5(8)7(11)12/h3-5H,8H2,1-2H3,(H,9,10)(H,11,12)/t4-,5+/m1/s1. The summed E-state index contributed by atoms with van der Waals surface area (Å²) in [6.07, 6.45) is 0. The van der Waals surface area contributed by atoms with Gasteiger partial charge in [-0.05, 0) is 5.92 Å². The van der Waals surface area contributed by atoms with Crippen LogP contribution in [-0.2, 0) is 9.59 Å². The monoisotopic (exact) mass is 175 g/mol. The van der Waals surface area contributed by atoms with Gasteiger partial charge in [0.25, 0.3) is 0 Å². The van der Waals surface area contributed by atoms with Gasteiger partial charge in [0.15, 0.2) is 0 Å². The van der Waals surface area contributed by atoms with Crippen molar-refractivity contribution in [2.24, 2.45) is 17.6 Å². The van der Waals surface area contributed by atoms with Crippen LogP contribution in [-0.4, -0.2) is 28.2 Å². The van der Waals surface area contributed by atoms with Gasteiger partial charge < -0.3 is 15.9 Å². The number of carboxylic acid groups (broad SMARTS) is 2. The van der Waals surface area contributed by atoms with Crippen molar-refractivity contribution in [3.8, 4) is 0 Å². The van der Waals surface area contributed by atoms with Crippen LogP contribution in [0.4, 0.5) is 0 Å². The van der Waals surface area contributed by atoms with Gasteiger partial charge in [-0.3, -0.25) is 9.59 Å². The molecule has 0 unspecified atom stereocenters. The zero-order valence-electron chi connectivity index (χ0n) is 7.02. The highest BCUT2D eigenvalue weighted by molar-refractivity contribution is 5.82. The van der Waals surface area contributed by atoms with E-state index in [-0.39, 0.29) is 5.92 Å². The Bertz CT molecular complexity index is 190. The summed E-state index contributed by atoms with van der Waals surface area (Å²) in [6.45, 7) is 3.25. The third-order valence-corrected chi connectivity index (χ3v) is 1.68. The SMILES string of the molecule is CC(C)[C@@H](C(=O)O)[C@H](N)C(=O)O. The summed E-state index contributed by atoms with van der Waals surface area (Å²) in [6, 6.07) is -1.33. The second-order valence-electron chi connectivity index (χ2n) is 2.97. The van der Waals surface area contributed by atoms with E-state index in [1.165, 1.54) is 0 Å². The van der Waals surface area contributed by atoms with Gasteiger partial charge in [-0.25, -0.2) is 0 Å². The van der Waals surface area contributed by atoms with Crippen molar-refractivity contribution in [2.45, 2.75) is 19.9 Å². The second-order valence-corrected chi connectivity index (χ2v) is 2.97. The minimum absolute atomic E-state index is 0.284. The van der Waals surface area contributed by atoms with Crippen molar-refractivity contribution in [1.29, 1.82) is 0 Å². The summed E-state index contributed by atoms with van der Waals surface area (Å²) in [5, 5.41) is 17.1. The Morgan fingerprint density at radius 1 is 1.17 bits per heavy atom. The van der Waals surface area contributed by atoms with E-state index < -0.39 is 23.9 Å². The Morgan fingerprint density at radius 2 is 1.58 bits per heavy atom. The van der Waals surface area contributed by atoms with Gasteiger partial charge in [0.1, 0.15) is 6.04 Å². The lowest BCUT2D eigenvalue weighted by molar-refractivity contribution is -0.151. The van der Waals surface area contributed by atoms with E-state index in [9.17, 15) is 9.59 Å². The molecule has 0 bridgehead atoms. The smallest absolute Gasteiger partial charge is 0.321 e. The van der Waals surface area contributed by atoms with Gasteiger partial charge in [0.2, 0.25) is 0 Å². The van der Waals surface area contributed by atoms with Crippen LogP contribution < -0.4 is 5.73 Å². The maximum atomic E-state index is 10.5. The highest BCUT2D eigenvalue weighted by atomic mass is 16.4. The molecule has 4 N–H and O–H groups in total. The average molecular weight is 175 g/mol. The predicted octanol–water partition coefficient (Wildman–Crippen LogP) is -0.245. The minimum atomic E-state index is -1.33. The molecular formula is C7H13NO4. The van der Waals surface area contributed by atoms with E-state index in [4.69, 9.17) is 15.9 Å². The Kier molecular flexibility index (Phi) is 3.69. The van der Waals surface area contributed by atoms with Crippen LogP contribution in [0.5, 0.6) is 0 Å². The topological polar surface area (TPSA) is 101 Å². The van der Waals surface area contributed by atoms with Gasteiger partial charge in [-0.15, -0.1) is 0 Å². The molecule has 0 aromatic carbocycles. The van der Waals surface area contributed by atoms with E-state index in [0.29, 0.717) is 0 Å². The summed E-state index contributed by atoms with van der Waals surface area (Å²) in [4.78, 5) is 20.9. The number of aliphatic carboxylic acids is 2. The van der Waals surface area contributed by atoms with Gasteiger partial charge in [0, 0.05) is 0 Å². The average Bonchev–Trinajstić information content (AvgIpc) is 1.85. The number of hydrogen-bond donors (Lipinski definition) is 3. The molecule has 0 aliphatic rings. The van der Waals surface area contributed by atoms with Crippen molar-refractivity contribution in [3.63, 3.8) is 0 Å². The maximum Gasteiger partial charge on any atom is 0.321 e. The van der Waals surface area contributed by atoms with Gasteiger partial charge in [-0.2, -0.15) is 0 Å². The first kappa shape index (κ1) is 10.9. The zero-order valence-corrected chi connectivity index (χ0v) is 7.02. The Morgan fingerprint density at radius 3 is 1.67 bits per heavy atom. The quantitative estimate of drug-likeness (QED) is 0.547. The normalized spacial score (nSPS) is 15.7. The summed E-state index contributed by atoms with van der Waals surface area (Å²) in [7, 11) is 0. The number of nitrogens with two attached hydrogens (primary N) is 1. The molecule has 70 valence electrons. The fourth-order valence-corrected chi connectivity index (χ4v) is 1.01. The van der Waals surface area contributed by atoms with Crippen LogP contribution in [0.3, 0.4) is 0 Å². The largest absolute Gasteiger partial charge is 0.481 e. The Balaban J connectivity index is 4.51. The molecule has 0 aliphatic carbocycles. The van der Waals surface area contributed by atoms with Crippen molar-refractivity contribution >= 4 is 11.9 Å². The van der Waals surface area contributed by atoms with Gasteiger partial charge in [-0.1, -0.05) is 13.8 Å².